The zero-order valence-corrected chi connectivity index (χ0v) is 15.5. The molecule has 1 aromatic carbocycles. The van der Waals surface area contributed by atoms with E-state index in [1.807, 2.05) is 43.1 Å². The van der Waals surface area contributed by atoms with Crippen molar-refractivity contribution in [3.63, 3.8) is 0 Å². The van der Waals surface area contributed by atoms with E-state index in [2.05, 4.69) is 15.6 Å². The van der Waals surface area contributed by atoms with E-state index in [1.165, 1.54) is 6.26 Å². The molecule has 7 nitrogen and oxygen atoms in total. The summed E-state index contributed by atoms with van der Waals surface area (Å²) in [5, 5.41) is 6.02. The first-order valence-electron chi connectivity index (χ1n) is 8.59. The Hall–Kier alpha value is -2.96. The first-order valence-corrected chi connectivity index (χ1v) is 8.59. The third-order valence-corrected chi connectivity index (χ3v) is 3.67. The van der Waals surface area contributed by atoms with Crippen LogP contribution in [0.1, 0.15) is 23.0 Å². The number of amides is 1. The highest BCUT2D eigenvalue weighted by Crippen LogP contribution is 2.13. The van der Waals surface area contributed by atoms with Crippen molar-refractivity contribution in [1.82, 2.24) is 15.5 Å². The van der Waals surface area contributed by atoms with Gasteiger partial charge in [0, 0.05) is 33.7 Å². The Labute approximate surface area is 154 Å². The fourth-order valence-corrected chi connectivity index (χ4v) is 2.44. The molecule has 1 heterocycles. The van der Waals surface area contributed by atoms with E-state index in [0.717, 1.165) is 17.3 Å². The van der Waals surface area contributed by atoms with Gasteiger partial charge in [-0.3, -0.25) is 9.79 Å². The summed E-state index contributed by atoms with van der Waals surface area (Å²) in [7, 11) is 3.70. The van der Waals surface area contributed by atoms with Gasteiger partial charge in [0.25, 0.3) is 5.91 Å². The van der Waals surface area contributed by atoms with Gasteiger partial charge < -0.3 is 24.7 Å². The molecule has 0 fully saturated rings. The van der Waals surface area contributed by atoms with E-state index in [0.29, 0.717) is 32.0 Å². The van der Waals surface area contributed by atoms with Crippen LogP contribution in [-0.2, 0) is 6.54 Å². The van der Waals surface area contributed by atoms with Gasteiger partial charge in [-0.1, -0.05) is 12.1 Å². The quantitative estimate of drug-likeness (QED) is 0.429. The number of furan rings is 1. The molecule has 26 heavy (non-hydrogen) atoms. The average molecular weight is 358 g/mol. The summed E-state index contributed by atoms with van der Waals surface area (Å²) in [4.78, 5) is 18.1. The molecule has 2 N–H and O–H groups in total. The molecule has 140 valence electrons. The number of hydrogen-bond acceptors (Lipinski definition) is 4. The minimum absolute atomic E-state index is 0.227. The van der Waals surface area contributed by atoms with E-state index in [-0.39, 0.29) is 5.91 Å². The summed E-state index contributed by atoms with van der Waals surface area (Å²) in [6.07, 6.45) is 1.48. The Morgan fingerprint density at radius 1 is 1.19 bits per heavy atom. The lowest BCUT2D eigenvalue weighted by atomic mass is 10.2. The van der Waals surface area contributed by atoms with Crippen LogP contribution in [0.25, 0.3) is 0 Å². The number of benzene rings is 1. The normalized spacial score (nSPS) is 11.1. The molecule has 0 spiro atoms. The van der Waals surface area contributed by atoms with Crippen LogP contribution in [0.4, 0.5) is 0 Å². The summed E-state index contributed by atoms with van der Waals surface area (Å²) in [6, 6.07) is 11.3. The Bertz CT molecular complexity index is 696. The number of ether oxygens (including phenoxy) is 1. The van der Waals surface area contributed by atoms with Crippen LogP contribution < -0.4 is 15.4 Å². The fourth-order valence-electron chi connectivity index (χ4n) is 2.44. The Kier molecular flexibility index (Phi) is 7.54. The number of carbonyl (C=O) groups is 1. The van der Waals surface area contributed by atoms with Gasteiger partial charge in [0.1, 0.15) is 5.75 Å². The van der Waals surface area contributed by atoms with Crippen molar-refractivity contribution < 1.29 is 13.9 Å². The monoisotopic (exact) mass is 358 g/mol. The molecule has 0 aliphatic rings. The second-order valence-corrected chi connectivity index (χ2v) is 5.64. The van der Waals surface area contributed by atoms with Gasteiger partial charge in [0.05, 0.1) is 12.9 Å². The maximum atomic E-state index is 11.8. The van der Waals surface area contributed by atoms with E-state index in [1.54, 1.807) is 19.2 Å². The molecule has 0 aliphatic heterocycles. The summed E-state index contributed by atoms with van der Waals surface area (Å²) in [6.45, 7) is 4.37. The highest BCUT2D eigenvalue weighted by molar-refractivity contribution is 5.91. The lowest BCUT2D eigenvalue weighted by Gasteiger charge is -2.22. The molecular weight excluding hydrogens is 332 g/mol. The summed E-state index contributed by atoms with van der Waals surface area (Å²) >= 11 is 0. The van der Waals surface area contributed by atoms with E-state index < -0.39 is 0 Å². The Balaban J connectivity index is 1.75. The van der Waals surface area contributed by atoms with Crippen molar-refractivity contribution in [2.45, 2.75) is 13.5 Å². The molecular formula is C19H26N4O3. The van der Waals surface area contributed by atoms with Crippen LogP contribution in [0.3, 0.4) is 0 Å². The van der Waals surface area contributed by atoms with Crippen molar-refractivity contribution in [2.75, 3.05) is 33.8 Å². The number of rotatable bonds is 8. The van der Waals surface area contributed by atoms with E-state index in [4.69, 9.17) is 9.15 Å². The topological polar surface area (TPSA) is 79.1 Å². The molecule has 0 saturated carbocycles. The molecule has 0 saturated heterocycles. The van der Waals surface area contributed by atoms with Crippen molar-refractivity contribution in [2.24, 2.45) is 4.99 Å². The maximum absolute atomic E-state index is 11.8. The summed E-state index contributed by atoms with van der Waals surface area (Å²) in [5.41, 5.74) is 1.16. The smallest absolute Gasteiger partial charge is 0.287 e. The average Bonchev–Trinajstić information content (AvgIpc) is 3.18. The van der Waals surface area contributed by atoms with Crippen molar-refractivity contribution in [3.8, 4) is 5.75 Å². The van der Waals surface area contributed by atoms with Gasteiger partial charge in [0.15, 0.2) is 11.7 Å². The molecule has 0 atom stereocenters. The van der Waals surface area contributed by atoms with Crippen molar-refractivity contribution >= 4 is 11.9 Å². The van der Waals surface area contributed by atoms with Gasteiger partial charge in [-0.15, -0.1) is 0 Å². The minimum atomic E-state index is -0.227. The molecule has 2 aromatic rings. The van der Waals surface area contributed by atoms with Crippen LogP contribution in [-0.4, -0.2) is 50.6 Å². The number of guanidine groups is 1. The van der Waals surface area contributed by atoms with E-state index >= 15 is 0 Å². The molecule has 0 aliphatic carbocycles. The maximum Gasteiger partial charge on any atom is 0.287 e. The predicted molar refractivity (Wildman–Crippen MR) is 101 cm³/mol. The van der Waals surface area contributed by atoms with Crippen molar-refractivity contribution in [1.29, 1.82) is 0 Å². The fraction of sp³-hybridized carbons (Fsp3) is 0.368. The molecule has 0 radical (unpaired) electrons. The largest absolute Gasteiger partial charge is 0.494 e. The van der Waals surface area contributed by atoms with Gasteiger partial charge in [0.2, 0.25) is 0 Å². The van der Waals surface area contributed by atoms with Crippen LogP contribution in [0.15, 0.2) is 52.1 Å². The van der Waals surface area contributed by atoms with Crippen LogP contribution in [0.5, 0.6) is 5.75 Å². The zero-order chi connectivity index (χ0) is 18.8. The minimum Gasteiger partial charge on any atom is -0.494 e. The number of carbonyl (C=O) groups excluding carboxylic acids is 1. The standard InChI is InChI=1S/C19H26N4O3/c1-4-25-16-9-7-15(8-10-16)14-23(3)19(20-2)22-12-11-21-18(24)17-6-5-13-26-17/h5-10,13H,4,11-12,14H2,1-3H3,(H,20,22)(H,21,24). The lowest BCUT2D eigenvalue weighted by molar-refractivity contribution is 0.0926. The number of aliphatic imine (C=N–C) groups is 1. The van der Waals surface area contributed by atoms with E-state index in [9.17, 15) is 4.79 Å². The molecule has 0 bridgehead atoms. The molecule has 0 unspecified atom stereocenters. The Morgan fingerprint density at radius 3 is 2.54 bits per heavy atom. The summed E-state index contributed by atoms with van der Waals surface area (Å²) < 4.78 is 10.5. The third kappa shape index (κ3) is 5.84. The highest BCUT2D eigenvalue weighted by Gasteiger charge is 2.09. The molecule has 2 rings (SSSR count). The first kappa shape index (κ1) is 19.4. The SMILES string of the molecule is CCOc1ccc(CN(C)C(=NC)NCCNC(=O)c2ccco2)cc1. The lowest BCUT2D eigenvalue weighted by Crippen LogP contribution is -2.42. The number of hydrogen-bond donors (Lipinski definition) is 2. The molecule has 1 amide bonds. The van der Waals surface area contributed by atoms with Gasteiger partial charge >= 0.3 is 0 Å². The molecule has 7 heteroatoms. The van der Waals surface area contributed by atoms with Crippen LogP contribution in [0, 0.1) is 0 Å². The predicted octanol–water partition coefficient (Wildman–Crippen LogP) is 2.12. The zero-order valence-electron chi connectivity index (χ0n) is 15.5. The number of nitrogens with zero attached hydrogens (tertiary/aromatic N) is 2. The van der Waals surface area contributed by atoms with Gasteiger partial charge in [-0.25, -0.2) is 0 Å². The summed E-state index contributed by atoms with van der Waals surface area (Å²) in [5.74, 6) is 1.70. The van der Waals surface area contributed by atoms with Gasteiger partial charge in [-0.2, -0.15) is 0 Å². The van der Waals surface area contributed by atoms with Crippen LogP contribution in [0.2, 0.25) is 0 Å². The Morgan fingerprint density at radius 2 is 1.92 bits per heavy atom. The second kappa shape index (κ2) is 10.1. The van der Waals surface area contributed by atoms with Crippen molar-refractivity contribution in [3.05, 3.63) is 54.0 Å². The third-order valence-electron chi connectivity index (χ3n) is 3.67. The molecule has 1 aromatic heterocycles. The highest BCUT2D eigenvalue weighted by atomic mass is 16.5. The first-order chi connectivity index (χ1) is 12.6. The van der Waals surface area contributed by atoms with Crippen LogP contribution >= 0.6 is 0 Å². The second-order valence-electron chi connectivity index (χ2n) is 5.64. The van der Waals surface area contributed by atoms with Gasteiger partial charge in [-0.05, 0) is 36.8 Å². The number of nitrogens with one attached hydrogen (secondary N) is 2.